The number of nitrogens with zero attached hydrogens (tertiary/aromatic N) is 1. The molecule has 0 saturated heterocycles. The minimum atomic E-state index is 0.187. The summed E-state index contributed by atoms with van der Waals surface area (Å²) in [6.45, 7) is 6.72. The number of rotatable bonds is 2. The third kappa shape index (κ3) is 3.80. The van der Waals surface area contributed by atoms with E-state index in [2.05, 4.69) is 42.1 Å². The predicted molar refractivity (Wildman–Crippen MR) is 83.8 cm³/mol. The van der Waals surface area contributed by atoms with Crippen LogP contribution in [0.3, 0.4) is 0 Å². The Morgan fingerprint density at radius 1 is 1.28 bits per heavy atom. The molecular weight excluding hydrogens is 306 g/mol. The molecule has 3 heteroatoms. The van der Waals surface area contributed by atoms with Crippen LogP contribution in [0.25, 0.3) is 0 Å². The highest BCUT2D eigenvalue weighted by Gasteiger charge is 2.24. The summed E-state index contributed by atoms with van der Waals surface area (Å²) in [7, 11) is 0. The second-order valence-electron chi connectivity index (χ2n) is 6.49. The van der Waals surface area contributed by atoms with Crippen LogP contribution in [0.1, 0.15) is 63.6 Å². The summed E-state index contributed by atoms with van der Waals surface area (Å²) in [5.74, 6) is 0.784. The smallest absolute Gasteiger partial charge is 0.0931 e. The summed E-state index contributed by atoms with van der Waals surface area (Å²) in [6, 6.07) is 0. The fraction of sp³-hybridized carbons (Fsp3) is 0.800. The van der Waals surface area contributed by atoms with Gasteiger partial charge in [0.25, 0.3) is 0 Å². The van der Waals surface area contributed by atoms with Gasteiger partial charge in [0.2, 0.25) is 0 Å². The van der Waals surface area contributed by atoms with Crippen LogP contribution >= 0.6 is 27.3 Å². The Morgan fingerprint density at radius 3 is 2.67 bits per heavy atom. The molecule has 1 saturated carbocycles. The molecular formula is C15H24BrNS. The summed E-state index contributed by atoms with van der Waals surface area (Å²) < 4.78 is 0. The highest BCUT2D eigenvalue weighted by atomic mass is 79.9. The third-order valence-corrected chi connectivity index (χ3v) is 5.90. The Balaban J connectivity index is 2.02. The second kappa shape index (κ2) is 6.04. The lowest BCUT2D eigenvalue weighted by Crippen LogP contribution is -2.16. The maximum atomic E-state index is 4.84. The van der Waals surface area contributed by atoms with Crippen molar-refractivity contribution in [3.8, 4) is 0 Å². The van der Waals surface area contributed by atoms with Gasteiger partial charge in [-0.2, -0.15) is 0 Å². The molecule has 2 unspecified atom stereocenters. The lowest BCUT2D eigenvalue weighted by Gasteiger charge is -2.18. The van der Waals surface area contributed by atoms with E-state index in [1.807, 2.05) is 11.3 Å². The average molecular weight is 330 g/mol. The van der Waals surface area contributed by atoms with E-state index in [0.717, 1.165) is 12.3 Å². The zero-order valence-electron chi connectivity index (χ0n) is 11.7. The summed E-state index contributed by atoms with van der Waals surface area (Å²) in [5, 5.41) is 3.58. The second-order valence-corrected chi connectivity index (χ2v) is 8.61. The Bertz CT molecular complexity index is 380. The van der Waals surface area contributed by atoms with Crippen LogP contribution in [-0.4, -0.2) is 9.81 Å². The van der Waals surface area contributed by atoms with Crippen molar-refractivity contribution in [3.63, 3.8) is 0 Å². The van der Waals surface area contributed by atoms with Gasteiger partial charge in [-0.1, -0.05) is 56.0 Å². The van der Waals surface area contributed by atoms with Crippen LogP contribution in [0.4, 0.5) is 0 Å². The molecule has 1 heterocycles. The highest BCUT2D eigenvalue weighted by Crippen LogP contribution is 2.33. The van der Waals surface area contributed by atoms with Crippen LogP contribution in [0.2, 0.25) is 0 Å². The third-order valence-electron chi connectivity index (χ3n) is 3.82. The Kier molecular flexibility index (Phi) is 4.87. The molecule has 1 fully saturated rings. The largest absolute Gasteiger partial charge is 0.246 e. The minimum Gasteiger partial charge on any atom is -0.246 e. The Morgan fingerprint density at radius 2 is 2.00 bits per heavy atom. The van der Waals surface area contributed by atoms with Crippen molar-refractivity contribution in [2.75, 3.05) is 0 Å². The molecule has 0 amide bonds. The highest BCUT2D eigenvalue weighted by molar-refractivity contribution is 9.09. The Labute approximate surface area is 124 Å². The number of hydrogen-bond donors (Lipinski definition) is 0. The molecule has 1 aromatic heterocycles. The lowest BCUT2D eigenvalue weighted by atomic mass is 9.93. The monoisotopic (exact) mass is 329 g/mol. The molecule has 2 rings (SSSR count). The van der Waals surface area contributed by atoms with Gasteiger partial charge in [0.15, 0.2) is 0 Å². The van der Waals surface area contributed by atoms with Crippen molar-refractivity contribution in [2.45, 2.75) is 69.5 Å². The van der Waals surface area contributed by atoms with Crippen molar-refractivity contribution >= 4 is 27.3 Å². The van der Waals surface area contributed by atoms with Crippen LogP contribution in [0, 0.1) is 5.92 Å². The molecule has 102 valence electrons. The van der Waals surface area contributed by atoms with Crippen molar-refractivity contribution in [1.82, 2.24) is 4.98 Å². The molecule has 0 bridgehead atoms. The van der Waals surface area contributed by atoms with E-state index in [9.17, 15) is 0 Å². The quantitative estimate of drug-likeness (QED) is 0.528. The first-order chi connectivity index (χ1) is 8.47. The molecule has 2 atom stereocenters. The summed E-state index contributed by atoms with van der Waals surface area (Å²) in [6.07, 6.45) is 8.05. The molecule has 0 N–H and O–H groups in total. The van der Waals surface area contributed by atoms with Crippen molar-refractivity contribution in [2.24, 2.45) is 5.92 Å². The topological polar surface area (TPSA) is 12.9 Å². The molecule has 0 radical (unpaired) electrons. The Hall–Kier alpha value is 0.110. The molecule has 1 aliphatic rings. The number of halogens is 1. The SMILES string of the molecule is CC(C)(C)c1csc(CC2CCCCCC2Br)n1. The van der Waals surface area contributed by atoms with Gasteiger partial charge >= 0.3 is 0 Å². The number of thiazole rings is 1. The summed E-state index contributed by atoms with van der Waals surface area (Å²) >= 11 is 5.73. The van der Waals surface area contributed by atoms with Gasteiger partial charge in [0, 0.05) is 22.0 Å². The van der Waals surface area contributed by atoms with Gasteiger partial charge in [0.05, 0.1) is 10.7 Å². The maximum absolute atomic E-state index is 4.84. The van der Waals surface area contributed by atoms with Gasteiger partial charge in [0.1, 0.15) is 0 Å². The normalized spacial score (nSPS) is 26.0. The van der Waals surface area contributed by atoms with Crippen LogP contribution in [0.5, 0.6) is 0 Å². The van der Waals surface area contributed by atoms with E-state index in [1.54, 1.807) is 0 Å². The van der Waals surface area contributed by atoms with Gasteiger partial charge in [-0.05, 0) is 18.8 Å². The van der Waals surface area contributed by atoms with E-state index in [0.29, 0.717) is 4.83 Å². The fourth-order valence-electron chi connectivity index (χ4n) is 2.54. The molecule has 1 aliphatic carbocycles. The molecule has 18 heavy (non-hydrogen) atoms. The van der Waals surface area contributed by atoms with E-state index < -0.39 is 0 Å². The zero-order chi connectivity index (χ0) is 13.2. The molecule has 0 aliphatic heterocycles. The van der Waals surface area contributed by atoms with Crippen molar-refractivity contribution in [3.05, 3.63) is 16.1 Å². The molecule has 0 aromatic carbocycles. The molecule has 1 nitrogen and oxygen atoms in total. The zero-order valence-corrected chi connectivity index (χ0v) is 14.1. The van der Waals surface area contributed by atoms with E-state index >= 15 is 0 Å². The molecule has 0 spiro atoms. The summed E-state index contributed by atoms with van der Waals surface area (Å²) in [5.41, 5.74) is 1.44. The fourth-order valence-corrected chi connectivity index (χ4v) is 4.43. The van der Waals surface area contributed by atoms with Crippen molar-refractivity contribution < 1.29 is 0 Å². The van der Waals surface area contributed by atoms with E-state index in [4.69, 9.17) is 4.98 Å². The first kappa shape index (κ1) is 14.5. The number of hydrogen-bond acceptors (Lipinski definition) is 2. The van der Waals surface area contributed by atoms with Gasteiger partial charge < -0.3 is 0 Å². The number of aromatic nitrogens is 1. The summed E-state index contributed by atoms with van der Waals surface area (Å²) in [4.78, 5) is 5.53. The number of alkyl halides is 1. The van der Waals surface area contributed by atoms with E-state index in [-0.39, 0.29) is 5.41 Å². The van der Waals surface area contributed by atoms with Crippen LogP contribution in [-0.2, 0) is 11.8 Å². The van der Waals surface area contributed by atoms with Gasteiger partial charge in [-0.3, -0.25) is 0 Å². The standard InChI is InChI=1S/C15H24BrNS/c1-15(2,3)13-10-18-14(17-13)9-11-7-5-4-6-8-12(11)16/h10-12H,4-9H2,1-3H3. The van der Waals surface area contributed by atoms with Crippen LogP contribution < -0.4 is 0 Å². The van der Waals surface area contributed by atoms with E-state index in [1.165, 1.54) is 42.8 Å². The lowest BCUT2D eigenvalue weighted by molar-refractivity contribution is 0.472. The van der Waals surface area contributed by atoms with Crippen molar-refractivity contribution in [1.29, 1.82) is 0 Å². The average Bonchev–Trinajstić information content (AvgIpc) is 2.66. The maximum Gasteiger partial charge on any atom is 0.0931 e. The van der Waals surface area contributed by atoms with Gasteiger partial charge in [-0.15, -0.1) is 11.3 Å². The predicted octanol–water partition coefficient (Wildman–Crippen LogP) is 5.33. The first-order valence-electron chi connectivity index (χ1n) is 7.06. The molecule has 1 aromatic rings. The first-order valence-corrected chi connectivity index (χ1v) is 8.85. The minimum absolute atomic E-state index is 0.187. The van der Waals surface area contributed by atoms with Crippen LogP contribution in [0.15, 0.2) is 5.38 Å². The van der Waals surface area contributed by atoms with Gasteiger partial charge in [-0.25, -0.2) is 4.98 Å².